The molecule has 0 spiro atoms. The molecule has 0 bridgehead atoms. The summed E-state index contributed by atoms with van der Waals surface area (Å²) in [5.74, 6) is 1.06. The minimum Gasteiger partial charge on any atom is -0.463 e. The Balaban J connectivity index is 1.64. The molecule has 0 aromatic carbocycles. The summed E-state index contributed by atoms with van der Waals surface area (Å²) in [6.45, 7) is 6.83. The summed E-state index contributed by atoms with van der Waals surface area (Å²) >= 11 is 5.42. The Morgan fingerprint density at radius 3 is 2.95 bits per heavy atom. The number of thiocarbonyl (C=S) groups is 1. The zero-order valence-electron chi connectivity index (χ0n) is 12.1. The molecule has 20 heavy (non-hydrogen) atoms. The van der Waals surface area contributed by atoms with E-state index in [1.807, 2.05) is 12.1 Å². The maximum absolute atomic E-state index is 5.42. The van der Waals surface area contributed by atoms with E-state index in [-0.39, 0.29) is 0 Å². The molecule has 0 aliphatic carbocycles. The van der Waals surface area contributed by atoms with Crippen molar-refractivity contribution in [3.8, 4) is 0 Å². The van der Waals surface area contributed by atoms with Crippen molar-refractivity contribution in [2.24, 2.45) is 0 Å². The number of nitrogens with one attached hydrogen (secondary N) is 2. The molecular weight excluding hydrogens is 274 g/mol. The van der Waals surface area contributed by atoms with Crippen LogP contribution in [-0.2, 0) is 11.3 Å². The molecule has 1 aliphatic rings. The van der Waals surface area contributed by atoms with E-state index in [2.05, 4.69) is 10.2 Å². The number of nitrogens with zero attached hydrogens (tertiary/aromatic N) is 1. The van der Waals surface area contributed by atoms with Crippen LogP contribution >= 0.6 is 12.2 Å². The van der Waals surface area contributed by atoms with Crippen molar-refractivity contribution in [1.82, 2.24) is 10.2 Å². The van der Waals surface area contributed by atoms with Crippen molar-refractivity contribution in [3.63, 3.8) is 0 Å². The second-order valence-corrected chi connectivity index (χ2v) is 5.46. The molecule has 0 radical (unpaired) electrons. The first-order valence-electron chi connectivity index (χ1n) is 7.17. The van der Waals surface area contributed by atoms with Gasteiger partial charge < -0.3 is 24.3 Å². The van der Waals surface area contributed by atoms with Crippen LogP contribution in [0, 0.1) is 0 Å². The minimum absolute atomic E-state index is 0.774. The van der Waals surface area contributed by atoms with Gasteiger partial charge in [0.05, 0.1) is 32.4 Å². The van der Waals surface area contributed by atoms with Crippen LogP contribution in [0.15, 0.2) is 22.8 Å². The third-order valence-corrected chi connectivity index (χ3v) is 3.97. The predicted molar refractivity (Wildman–Crippen MR) is 81.8 cm³/mol. The molecular formula is C14H24N3O2S+. The standard InChI is InChI=1S/C14H23N3O2S/c1-18-10-3-5-15-14(20)17-8-6-16(7-9-17)12-13-4-2-11-19-13/h2,4,11H,3,5-10,12H2,1H3,(H,15,20)/p+1. The van der Waals surface area contributed by atoms with Gasteiger partial charge >= 0.3 is 0 Å². The Kier molecular flexibility index (Phi) is 6.29. The number of ether oxygens (including phenoxy) is 1. The number of furan rings is 1. The van der Waals surface area contributed by atoms with Crippen molar-refractivity contribution in [2.75, 3.05) is 46.4 Å². The zero-order chi connectivity index (χ0) is 14.2. The Bertz CT molecular complexity index is 389. The van der Waals surface area contributed by atoms with Gasteiger partial charge in [0.25, 0.3) is 0 Å². The van der Waals surface area contributed by atoms with E-state index < -0.39 is 0 Å². The first kappa shape index (κ1) is 15.3. The summed E-state index contributed by atoms with van der Waals surface area (Å²) in [4.78, 5) is 3.81. The van der Waals surface area contributed by atoms with E-state index in [1.54, 1.807) is 18.3 Å². The van der Waals surface area contributed by atoms with E-state index >= 15 is 0 Å². The van der Waals surface area contributed by atoms with Crippen molar-refractivity contribution in [3.05, 3.63) is 24.2 Å². The third kappa shape index (κ3) is 4.77. The highest BCUT2D eigenvalue weighted by Gasteiger charge is 2.22. The lowest BCUT2D eigenvalue weighted by Crippen LogP contribution is -3.13. The summed E-state index contributed by atoms with van der Waals surface area (Å²) in [6.07, 6.45) is 2.73. The highest BCUT2D eigenvalue weighted by molar-refractivity contribution is 7.80. The number of hydrogen-bond acceptors (Lipinski definition) is 3. The lowest BCUT2D eigenvalue weighted by molar-refractivity contribution is -0.918. The number of quaternary nitrogens is 1. The molecule has 1 fully saturated rings. The maximum Gasteiger partial charge on any atom is 0.169 e. The van der Waals surface area contributed by atoms with Crippen LogP contribution in [-0.4, -0.2) is 56.5 Å². The molecule has 6 heteroatoms. The van der Waals surface area contributed by atoms with Crippen molar-refractivity contribution in [1.29, 1.82) is 0 Å². The lowest BCUT2D eigenvalue weighted by atomic mass is 10.3. The minimum atomic E-state index is 0.774. The second-order valence-electron chi connectivity index (χ2n) is 5.07. The SMILES string of the molecule is COCCCNC(=S)N1CC[NH+](Cc2ccco2)CC1. The largest absolute Gasteiger partial charge is 0.463 e. The average molecular weight is 298 g/mol. The van der Waals surface area contributed by atoms with Crippen molar-refractivity contribution in [2.45, 2.75) is 13.0 Å². The molecule has 112 valence electrons. The molecule has 0 atom stereocenters. The Morgan fingerprint density at radius 1 is 1.50 bits per heavy atom. The third-order valence-electron chi connectivity index (χ3n) is 3.56. The lowest BCUT2D eigenvalue weighted by Gasteiger charge is -2.33. The summed E-state index contributed by atoms with van der Waals surface area (Å²) in [6, 6.07) is 3.99. The highest BCUT2D eigenvalue weighted by Crippen LogP contribution is 1.98. The molecule has 1 aromatic rings. The van der Waals surface area contributed by atoms with Gasteiger partial charge in [0.15, 0.2) is 10.9 Å². The molecule has 0 unspecified atom stereocenters. The summed E-state index contributed by atoms with van der Waals surface area (Å²) in [5.41, 5.74) is 0. The topological polar surface area (TPSA) is 42.1 Å². The maximum atomic E-state index is 5.42. The molecule has 0 amide bonds. The van der Waals surface area contributed by atoms with Crippen LogP contribution < -0.4 is 10.2 Å². The Hall–Kier alpha value is -1.11. The van der Waals surface area contributed by atoms with Gasteiger partial charge in [-0.15, -0.1) is 0 Å². The van der Waals surface area contributed by atoms with Crippen LogP contribution in [0.2, 0.25) is 0 Å². The van der Waals surface area contributed by atoms with Crippen molar-refractivity contribution >= 4 is 17.3 Å². The fraction of sp³-hybridized carbons (Fsp3) is 0.643. The number of piperazine rings is 1. The van der Waals surface area contributed by atoms with E-state index in [0.717, 1.165) is 63.2 Å². The van der Waals surface area contributed by atoms with Crippen LogP contribution in [0.25, 0.3) is 0 Å². The van der Waals surface area contributed by atoms with E-state index in [0.29, 0.717) is 0 Å². The van der Waals surface area contributed by atoms with Gasteiger partial charge in [-0.1, -0.05) is 0 Å². The Morgan fingerprint density at radius 2 is 2.30 bits per heavy atom. The number of methoxy groups -OCH3 is 1. The van der Waals surface area contributed by atoms with Gasteiger partial charge in [0.1, 0.15) is 6.54 Å². The van der Waals surface area contributed by atoms with Crippen LogP contribution in [0.4, 0.5) is 0 Å². The van der Waals surface area contributed by atoms with Crippen molar-refractivity contribution < 1.29 is 14.1 Å². The zero-order valence-corrected chi connectivity index (χ0v) is 12.9. The first-order valence-corrected chi connectivity index (χ1v) is 7.58. The van der Waals surface area contributed by atoms with Crippen LogP contribution in [0.3, 0.4) is 0 Å². The molecule has 1 saturated heterocycles. The molecule has 2 rings (SSSR count). The summed E-state index contributed by atoms with van der Waals surface area (Å²) < 4.78 is 10.4. The fourth-order valence-electron chi connectivity index (χ4n) is 2.39. The quantitative estimate of drug-likeness (QED) is 0.567. The van der Waals surface area contributed by atoms with Crippen LogP contribution in [0.5, 0.6) is 0 Å². The molecule has 5 nitrogen and oxygen atoms in total. The van der Waals surface area contributed by atoms with Gasteiger partial charge in [0.2, 0.25) is 0 Å². The summed E-state index contributed by atoms with van der Waals surface area (Å²) in [5, 5.41) is 4.17. The summed E-state index contributed by atoms with van der Waals surface area (Å²) in [7, 11) is 1.72. The van der Waals surface area contributed by atoms with Gasteiger partial charge in [-0.3, -0.25) is 0 Å². The monoisotopic (exact) mass is 298 g/mol. The van der Waals surface area contributed by atoms with Gasteiger partial charge in [-0.25, -0.2) is 0 Å². The van der Waals surface area contributed by atoms with Gasteiger partial charge in [-0.2, -0.15) is 0 Å². The number of hydrogen-bond donors (Lipinski definition) is 2. The van der Waals surface area contributed by atoms with Gasteiger partial charge in [-0.05, 0) is 30.8 Å². The molecule has 2 N–H and O–H groups in total. The number of rotatable bonds is 6. The van der Waals surface area contributed by atoms with Crippen LogP contribution in [0.1, 0.15) is 12.2 Å². The fourth-order valence-corrected chi connectivity index (χ4v) is 2.67. The highest BCUT2D eigenvalue weighted by atomic mass is 32.1. The molecule has 0 saturated carbocycles. The normalized spacial score (nSPS) is 16.4. The molecule has 2 heterocycles. The second kappa shape index (κ2) is 8.24. The molecule has 1 aliphatic heterocycles. The molecule has 1 aromatic heterocycles. The average Bonchev–Trinajstić information content (AvgIpc) is 2.97. The van der Waals surface area contributed by atoms with E-state index in [4.69, 9.17) is 21.4 Å². The predicted octanol–water partition coefficient (Wildman–Crippen LogP) is -0.109. The van der Waals surface area contributed by atoms with E-state index in [1.165, 1.54) is 0 Å². The van der Waals surface area contributed by atoms with Gasteiger partial charge in [0, 0.05) is 20.3 Å². The Labute approximate surface area is 125 Å². The first-order chi connectivity index (χ1) is 9.79. The van der Waals surface area contributed by atoms with E-state index in [9.17, 15) is 0 Å². The smallest absolute Gasteiger partial charge is 0.169 e.